The summed E-state index contributed by atoms with van der Waals surface area (Å²) in [6.07, 6.45) is 0. The summed E-state index contributed by atoms with van der Waals surface area (Å²) in [6, 6.07) is 17.2. The highest BCUT2D eigenvalue weighted by atomic mass is 16.6. The molecule has 0 aliphatic carbocycles. The minimum Gasteiger partial charge on any atom is -0.497 e. The van der Waals surface area contributed by atoms with E-state index in [0.29, 0.717) is 6.54 Å². The maximum atomic E-state index is 10.9. The number of non-ortho nitro benzene ring substituents is 2. The minimum absolute atomic E-state index is 0.0830. The van der Waals surface area contributed by atoms with Gasteiger partial charge in [-0.15, -0.1) is 0 Å². The van der Waals surface area contributed by atoms with Crippen LogP contribution in [-0.2, 0) is 6.54 Å². The van der Waals surface area contributed by atoms with Crippen molar-refractivity contribution in [1.29, 1.82) is 0 Å². The summed E-state index contributed by atoms with van der Waals surface area (Å²) in [5.74, 6) is 0.806. The summed E-state index contributed by atoms with van der Waals surface area (Å²) in [5.41, 5.74) is 4.54. The van der Waals surface area contributed by atoms with Crippen molar-refractivity contribution in [3.05, 3.63) is 97.8 Å². The number of ether oxygens (including phenoxy) is 1. The molecule has 178 valence electrons. The Kier molecular flexibility index (Phi) is 6.40. The first-order valence-corrected chi connectivity index (χ1v) is 10.6. The Labute approximate surface area is 199 Å². The van der Waals surface area contributed by atoms with E-state index in [-0.39, 0.29) is 16.3 Å². The van der Waals surface area contributed by atoms with E-state index in [1.807, 2.05) is 42.8 Å². The Balaban J connectivity index is 0.000000189. The van der Waals surface area contributed by atoms with Crippen LogP contribution in [0.3, 0.4) is 0 Å². The molecule has 0 unspecified atom stereocenters. The molecular weight excluding hydrogens is 452 g/mol. The standard InChI is InChI=1S/C16H15N3O3.C8H7N3O2/c1-11-15-9-13(19(20)21)5-8-16(15)18(17-11)10-12-3-6-14(22-2)7-4-12;1-5-7-4-6(11(12)13)2-3-8(7)10-9-5/h3-9H,10H2,1-2H3;2-4H,1H3,(H,9,10). The minimum atomic E-state index is -0.411. The number of aromatic nitrogens is 4. The number of rotatable bonds is 5. The maximum Gasteiger partial charge on any atom is 0.270 e. The van der Waals surface area contributed by atoms with Gasteiger partial charge in [0.05, 0.1) is 40.2 Å². The van der Waals surface area contributed by atoms with E-state index in [1.54, 1.807) is 25.3 Å². The molecule has 0 aliphatic rings. The van der Waals surface area contributed by atoms with Crippen LogP contribution < -0.4 is 4.74 Å². The summed E-state index contributed by atoms with van der Waals surface area (Å²) in [7, 11) is 1.63. The predicted molar refractivity (Wildman–Crippen MR) is 131 cm³/mol. The lowest BCUT2D eigenvalue weighted by molar-refractivity contribution is -0.384. The summed E-state index contributed by atoms with van der Waals surface area (Å²) in [6.45, 7) is 4.29. The third kappa shape index (κ3) is 4.93. The number of hydrogen-bond donors (Lipinski definition) is 1. The zero-order valence-corrected chi connectivity index (χ0v) is 19.3. The highest BCUT2D eigenvalue weighted by molar-refractivity contribution is 5.84. The number of benzene rings is 3. The zero-order valence-electron chi connectivity index (χ0n) is 19.3. The highest BCUT2D eigenvalue weighted by Crippen LogP contribution is 2.25. The molecule has 0 saturated heterocycles. The molecule has 2 aromatic heterocycles. The van der Waals surface area contributed by atoms with Gasteiger partial charge in [-0.2, -0.15) is 10.2 Å². The fourth-order valence-corrected chi connectivity index (χ4v) is 3.71. The van der Waals surface area contributed by atoms with Crippen LogP contribution in [0.2, 0.25) is 0 Å². The number of nitro benzene ring substituents is 2. The molecule has 3 aromatic carbocycles. The van der Waals surface area contributed by atoms with E-state index in [9.17, 15) is 20.2 Å². The number of nitrogens with one attached hydrogen (secondary N) is 1. The Morgan fingerprint density at radius 3 is 2.17 bits per heavy atom. The third-order valence-corrected chi connectivity index (χ3v) is 5.56. The van der Waals surface area contributed by atoms with Crippen molar-refractivity contribution in [3.63, 3.8) is 0 Å². The molecule has 2 heterocycles. The SMILES string of the molecule is COc1ccc(Cn2nc(C)c3cc([N+](=O)[O-])ccc32)cc1.Cc1[nH]nc2ccc([N+](=O)[O-])cc12. The molecule has 0 saturated carbocycles. The largest absolute Gasteiger partial charge is 0.497 e. The molecule has 0 radical (unpaired) electrons. The van der Waals surface area contributed by atoms with Crippen molar-refractivity contribution < 1.29 is 14.6 Å². The van der Waals surface area contributed by atoms with Crippen molar-refractivity contribution in [2.75, 3.05) is 7.11 Å². The van der Waals surface area contributed by atoms with Crippen LogP contribution in [0.5, 0.6) is 5.75 Å². The van der Waals surface area contributed by atoms with Gasteiger partial charge in [0, 0.05) is 40.7 Å². The zero-order chi connectivity index (χ0) is 25.1. The molecule has 0 aliphatic heterocycles. The van der Waals surface area contributed by atoms with Crippen molar-refractivity contribution in [2.45, 2.75) is 20.4 Å². The molecule has 11 heteroatoms. The van der Waals surface area contributed by atoms with E-state index in [4.69, 9.17) is 4.74 Å². The van der Waals surface area contributed by atoms with E-state index >= 15 is 0 Å². The topological polar surface area (TPSA) is 142 Å². The number of fused-ring (bicyclic) bond motifs is 2. The maximum absolute atomic E-state index is 10.9. The number of nitro groups is 2. The second-order valence-corrected chi connectivity index (χ2v) is 7.86. The van der Waals surface area contributed by atoms with Gasteiger partial charge in [-0.1, -0.05) is 12.1 Å². The average Bonchev–Trinajstić information content (AvgIpc) is 3.38. The second kappa shape index (κ2) is 9.59. The van der Waals surface area contributed by atoms with E-state index in [0.717, 1.165) is 44.5 Å². The van der Waals surface area contributed by atoms with Crippen molar-refractivity contribution in [1.82, 2.24) is 20.0 Å². The van der Waals surface area contributed by atoms with Gasteiger partial charge < -0.3 is 4.74 Å². The van der Waals surface area contributed by atoms with Crippen LogP contribution in [0.4, 0.5) is 11.4 Å². The van der Waals surface area contributed by atoms with Gasteiger partial charge in [0.15, 0.2) is 0 Å². The summed E-state index contributed by atoms with van der Waals surface area (Å²) >= 11 is 0. The lowest BCUT2D eigenvalue weighted by Gasteiger charge is -2.05. The molecule has 5 rings (SSSR count). The first-order valence-electron chi connectivity index (χ1n) is 10.6. The van der Waals surface area contributed by atoms with Crippen LogP contribution in [0.15, 0.2) is 60.7 Å². The van der Waals surface area contributed by atoms with Crippen molar-refractivity contribution in [2.24, 2.45) is 0 Å². The molecule has 5 aromatic rings. The lowest BCUT2D eigenvalue weighted by atomic mass is 10.2. The van der Waals surface area contributed by atoms with Gasteiger partial charge in [-0.05, 0) is 43.7 Å². The van der Waals surface area contributed by atoms with Gasteiger partial charge >= 0.3 is 0 Å². The normalized spacial score (nSPS) is 10.7. The van der Waals surface area contributed by atoms with E-state index in [2.05, 4.69) is 15.3 Å². The van der Waals surface area contributed by atoms with E-state index in [1.165, 1.54) is 18.2 Å². The number of hydrogen-bond acceptors (Lipinski definition) is 7. The summed E-state index contributed by atoms with van der Waals surface area (Å²) in [4.78, 5) is 20.5. The first-order chi connectivity index (χ1) is 16.8. The van der Waals surface area contributed by atoms with Gasteiger partial charge in [0.1, 0.15) is 5.75 Å². The molecule has 11 nitrogen and oxygen atoms in total. The monoisotopic (exact) mass is 474 g/mol. The van der Waals surface area contributed by atoms with Crippen molar-refractivity contribution in [3.8, 4) is 5.75 Å². The predicted octanol–water partition coefficient (Wildman–Crippen LogP) is 5.09. The second-order valence-electron chi connectivity index (χ2n) is 7.86. The number of H-pyrrole nitrogens is 1. The van der Waals surface area contributed by atoms with Crippen LogP contribution >= 0.6 is 0 Å². The van der Waals surface area contributed by atoms with E-state index < -0.39 is 4.92 Å². The molecule has 35 heavy (non-hydrogen) atoms. The van der Waals surface area contributed by atoms with Gasteiger partial charge in [0.25, 0.3) is 11.4 Å². The third-order valence-electron chi connectivity index (χ3n) is 5.56. The molecule has 0 spiro atoms. The Morgan fingerprint density at radius 2 is 1.54 bits per heavy atom. The molecule has 0 atom stereocenters. The van der Waals surface area contributed by atoms with Crippen LogP contribution in [-0.4, -0.2) is 36.9 Å². The quantitative estimate of drug-likeness (QED) is 0.276. The molecule has 1 N–H and O–H groups in total. The Morgan fingerprint density at radius 1 is 0.914 bits per heavy atom. The summed E-state index contributed by atoms with van der Waals surface area (Å²) in [5, 5.41) is 34.2. The Hall–Kier alpha value is -4.80. The Bertz CT molecular complexity index is 1540. The van der Waals surface area contributed by atoms with Crippen molar-refractivity contribution >= 4 is 33.2 Å². The average molecular weight is 474 g/mol. The number of aryl methyl sites for hydroxylation is 2. The van der Waals surface area contributed by atoms with Crippen LogP contribution in [0.1, 0.15) is 17.0 Å². The number of nitrogens with zero attached hydrogens (tertiary/aromatic N) is 5. The highest BCUT2D eigenvalue weighted by Gasteiger charge is 2.13. The molecule has 0 bridgehead atoms. The van der Waals surface area contributed by atoms with Gasteiger partial charge in [0.2, 0.25) is 0 Å². The molecule has 0 fully saturated rings. The molecular formula is C24H22N6O5. The molecule has 0 amide bonds. The van der Waals surface area contributed by atoms with Crippen LogP contribution in [0, 0.1) is 34.1 Å². The van der Waals surface area contributed by atoms with Crippen LogP contribution in [0.25, 0.3) is 21.8 Å². The fraction of sp³-hybridized carbons (Fsp3) is 0.167. The first kappa shape index (κ1) is 23.4. The van der Waals surface area contributed by atoms with Gasteiger partial charge in [-0.25, -0.2) is 0 Å². The number of methoxy groups -OCH3 is 1. The lowest BCUT2D eigenvalue weighted by Crippen LogP contribution is -2.01. The number of aromatic amines is 1. The fourth-order valence-electron chi connectivity index (χ4n) is 3.71. The smallest absolute Gasteiger partial charge is 0.270 e. The van der Waals surface area contributed by atoms with Gasteiger partial charge in [-0.3, -0.25) is 30.0 Å². The summed E-state index contributed by atoms with van der Waals surface area (Å²) < 4.78 is 7.00.